The average Bonchev–Trinajstić information content (AvgIpc) is 2.91. The maximum absolute atomic E-state index is 12.0. The van der Waals surface area contributed by atoms with Gasteiger partial charge >= 0.3 is 0 Å². The van der Waals surface area contributed by atoms with Crippen LogP contribution in [0.15, 0.2) is 52.1 Å². The maximum atomic E-state index is 12.0. The Labute approximate surface area is 114 Å². The van der Waals surface area contributed by atoms with Crippen LogP contribution in [0.2, 0.25) is 0 Å². The third kappa shape index (κ3) is 2.37. The predicted molar refractivity (Wildman–Crippen MR) is 77.9 cm³/mol. The molecule has 4 nitrogen and oxygen atoms in total. The van der Waals surface area contributed by atoms with Crippen LogP contribution < -0.4 is 10.5 Å². The first kappa shape index (κ1) is 11.9. The summed E-state index contributed by atoms with van der Waals surface area (Å²) < 4.78 is 1.54. The minimum Gasteiger partial charge on any atom is -0.355 e. The van der Waals surface area contributed by atoms with Crippen molar-refractivity contribution in [2.45, 2.75) is 6.54 Å². The number of thiophene rings is 1. The molecule has 0 unspecified atom stereocenters. The molecule has 0 aromatic carbocycles. The molecular formula is C14H13N3OS. The van der Waals surface area contributed by atoms with Crippen molar-refractivity contribution in [1.29, 1.82) is 0 Å². The van der Waals surface area contributed by atoms with Crippen LogP contribution in [0.4, 0.5) is 5.82 Å². The van der Waals surface area contributed by atoms with Gasteiger partial charge in [0.15, 0.2) is 0 Å². The Morgan fingerprint density at radius 2 is 2.26 bits per heavy atom. The molecule has 0 aliphatic rings. The average molecular weight is 271 g/mol. The summed E-state index contributed by atoms with van der Waals surface area (Å²) in [5, 5.41) is 4.15. The van der Waals surface area contributed by atoms with Gasteiger partial charge in [-0.05, 0) is 34.5 Å². The Morgan fingerprint density at radius 3 is 3.05 bits per heavy atom. The quantitative estimate of drug-likeness (QED) is 0.734. The minimum atomic E-state index is -0.0576. The van der Waals surface area contributed by atoms with Crippen LogP contribution >= 0.6 is 11.3 Å². The number of rotatable bonds is 3. The van der Waals surface area contributed by atoms with Crippen LogP contribution in [0.25, 0.3) is 5.65 Å². The van der Waals surface area contributed by atoms with E-state index in [-0.39, 0.29) is 5.56 Å². The molecule has 0 aliphatic heterocycles. The Kier molecular flexibility index (Phi) is 3.05. The molecule has 0 saturated carbocycles. The molecule has 0 bridgehead atoms. The zero-order valence-corrected chi connectivity index (χ0v) is 11.3. The maximum Gasteiger partial charge on any atom is 0.259 e. The first-order valence-corrected chi connectivity index (χ1v) is 6.89. The number of pyridine rings is 1. The predicted octanol–water partition coefficient (Wildman–Crippen LogP) is 2.39. The van der Waals surface area contributed by atoms with Gasteiger partial charge in [0.25, 0.3) is 5.56 Å². The minimum absolute atomic E-state index is 0.0576. The van der Waals surface area contributed by atoms with Gasteiger partial charge in [-0.1, -0.05) is 6.07 Å². The molecule has 0 aliphatic carbocycles. The second-order valence-electron chi connectivity index (χ2n) is 4.37. The van der Waals surface area contributed by atoms with E-state index in [1.165, 1.54) is 5.56 Å². The molecule has 3 aromatic rings. The number of hydrogen-bond donors (Lipinski definition) is 0. The smallest absolute Gasteiger partial charge is 0.259 e. The Hall–Kier alpha value is -2.14. The summed E-state index contributed by atoms with van der Waals surface area (Å²) in [5.74, 6) is 0.697. The Balaban J connectivity index is 1.98. The molecular weight excluding hydrogens is 258 g/mol. The van der Waals surface area contributed by atoms with E-state index in [1.54, 1.807) is 28.0 Å². The monoisotopic (exact) mass is 271 g/mol. The fraction of sp³-hybridized carbons (Fsp3) is 0.143. The number of anilines is 1. The first-order valence-electron chi connectivity index (χ1n) is 5.95. The van der Waals surface area contributed by atoms with E-state index in [9.17, 15) is 4.79 Å². The Morgan fingerprint density at radius 1 is 1.37 bits per heavy atom. The van der Waals surface area contributed by atoms with E-state index in [0.29, 0.717) is 11.5 Å². The topological polar surface area (TPSA) is 37.6 Å². The van der Waals surface area contributed by atoms with Gasteiger partial charge in [-0.3, -0.25) is 9.20 Å². The lowest BCUT2D eigenvalue weighted by Gasteiger charge is -2.17. The molecule has 0 N–H and O–H groups in total. The van der Waals surface area contributed by atoms with E-state index in [1.807, 2.05) is 35.5 Å². The lowest BCUT2D eigenvalue weighted by Crippen LogP contribution is -2.22. The standard InChI is InChI=1S/C14H13N3OS/c1-16(9-11-5-7-19-10-11)13-8-14(18)17-6-3-2-4-12(17)15-13/h2-8,10H,9H2,1H3. The van der Waals surface area contributed by atoms with Crippen LogP contribution in [0.5, 0.6) is 0 Å². The summed E-state index contributed by atoms with van der Waals surface area (Å²) in [7, 11) is 1.94. The molecule has 0 spiro atoms. The highest BCUT2D eigenvalue weighted by Crippen LogP contribution is 2.14. The second-order valence-corrected chi connectivity index (χ2v) is 5.15. The van der Waals surface area contributed by atoms with E-state index in [4.69, 9.17) is 0 Å². The molecule has 19 heavy (non-hydrogen) atoms. The molecule has 0 radical (unpaired) electrons. The molecule has 3 aromatic heterocycles. The van der Waals surface area contributed by atoms with E-state index < -0.39 is 0 Å². The lowest BCUT2D eigenvalue weighted by atomic mass is 10.3. The van der Waals surface area contributed by atoms with Crippen molar-refractivity contribution in [3.63, 3.8) is 0 Å². The van der Waals surface area contributed by atoms with Crippen molar-refractivity contribution in [3.05, 3.63) is 63.2 Å². The summed E-state index contributed by atoms with van der Waals surface area (Å²) in [6, 6.07) is 9.19. The third-order valence-electron chi connectivity index (χ3n) is 2.95. The van der Waals surface area contributed by atoms with Crippen LogP contribution in [0, 0.1) is 0 Å². The van der Waals surface area contributed by atoms with Gasteiger partial charge in [-0.25, -0.2) is 4.98 Å². The highest BCUT2D eigenvalue weighted by Gasteiger charge is 2.07. The van der Waals surface area contributed by atoms with Crippen molar-refractivity contribution in [2.24, 2.45) is 0 Å². The largest absolute Gasteiger partial charge is 0.355 e. The van der Waals surface area contributed by atoms with Gasteiger partial charge < -0.3 is 4.90 Å². The van der Waals surface area contributed by atoms with Gasteiger partial charge in [0, 0.05) is 25.9 Å². The summed E-state index contributed by atoms with van der Waals surface area (Å²) in [4.78, 5) is 18.5. The van der Waals surface area contributed by atoms with Crippen molar-refractivity contribution in [1.82, 2.24) is 9.38 Å². The number of nitrogens with zero attached hydrogens (tertiary/aromatic N) is 3. The number of aromatic nitrogens is 2. The highest BCUT2D eigenvalue weighted by atomic mass is 32.1. The summed E-state index contributed by atoms with van der Waals surface area (Å²) in [6.07, 6.45) is 1.73. The highest BCUT2D eigenvalue weighted by molar-refractivity contribution is 7.07. The van der Waals surface area contributed by atoms with Gasteiger partial charge in [-0.2, -0.15) is 11.3 Å². The molecule has 0 fully saturated rings. The van der Waals surface area contributed by atoms with Gasteiger partial charge in [0.2, 0.25) is 0 Å². The van der Waals surface area contributed by atoms with E-state index in [2.05, 4.69) is 16.4 Å². The Bertz CT molecular complexity index is 749. The summed E-state index contributed by atoms with van der Waals surface area (Å²) >= 11 is 1.67. The molecule has 5 heteroatoms. The molecule has 96 valence electrons. The molecule has 3 heterocycles. The second kappa shape index (κ2) is 4.85. The van der Waals surface area contributed by atoms with E-state index in [0.717, 1.165) is 6.54 Å². The van der Waals surface area contributed by atoms with Crippen molar-refractivity contribution >= 4 is 22.8 Å². The fourth-order valence-corrected chi connectivity index (χ4v) is 2.63. The first-order chi connectivity index (χ1) is 9.24. The molecule has 0 saturated heterocycles. The van der Waals surface area contributed by atoms with Gasteiger partial charge in [0.05, 0.1) is 0 Å². The summed E-state index contributed by atoms with van der Waals surface area (Å²) in [5.41, 5.74) is 1.84. The third-order valence-corrected chi connectivity index (χ3v) is 3.68. The number of hydrogen-bond acceptors (Lipinski definition) is 4. The zero-order chi connectivity index (χ0) is 13.2. The van der Waals surface area contributed by atoms with Crippen LogP contribution in [0.3, 0.4) is 0 Å². The van der Waals surface area contributed by atoms with Crippen LogP contribution in [-0.2, 0) is 6.54 Å². The molecule has 0 amide bonds. The number of fused-ring (bicyclic) bond motifs is 1. The van der Waals surface area contributed by atoms with Crippen LogP contribution in [-0.4, -0.2) is 16.4 Å². The summed E-state index contributed by atoms with van der Waals surface area (Å²) in [6.45, 7) is 0.749. The van der Waals surface area contributed by atoms with Gasteiger partial charge in [-0.15, -0.1) is 0 Å². The van der Waals surface area contributed by atoms with Crippen molar-refractivity contribution in [2.75, 3.05) is 11.9 Å². The SMILES string of the molecule is CN(Cc1ccsc1)c1cc(=O)n2ccccc2n1. The molecule has 0 atom stereocenters. The fourth-order valence-electron chi connectivity index (χ4n) is 1.97. The van der Waals surface area contributed by atoms with Crippen LogP contribution in [0.1, 0.15) is 5.56 Å². The van der Waals surface area contributed by atoms with Gasteiger partial charge in [0.1, 0.15) is 11.5 Å². The zero-order valence-electron chi connectivity index (χ0n) is 10.5. The van der Waals surface area contributed by atoms with Crippen molar-refractivity contribution in [3.8, 4) is 0 Å². The normalized spacial score (nSPS) is 10.8. The molecule has 3 rings (SSSR count). The lowest BCUT2D eigenvalue weighted by molar-refractivity contribution is 0.890. The van der Waals surface area contributed by atoms with E-state index >= 15 is 0 Å². The van der Waals surface area contributed by atoms with Crippen molar-refractivity contribution < 1.29 is 0 Å².